The minimum atomic E-state index is -0.0512. The lowest BCUT2D eigenvalue weighted by Gasteiger charge is -2.24. The van der Waals surface area contributed by atoms with Crippen LogP contribution in [0.4, 0.5) is 0 Å². The Balaban J connectivity index is 2.46. The van der Waals surface area contributed by atoms with E-state index in [4.69, 9.17) is 10.5 Å². The van der Waals surface area contributed by atoms with Crippen molar-refractivity contribution in [2.75, 3.05) is 0 Å². The van der Waals surface area contributed by atoms with Crippen molar-refractivity contribution in [1.82, 2.24) is 0 Å². The van der Waals surface area contributed by atoms with Crippen LogP contribution >= 0.6 is 0 Å². The lowest BCUT2D eigenvalue weighted by atomic mass is 9.85. The zero-order chi connectivity index (χ0) is 15.6. The largest absolute Gasteiger partial charge is 0.457 e. The molecular weight excluding hydrogens is 258 g/mol. The molecule has 0 bridgehead atoms. The highest BCUT2D eigenvalue weighted by Gasteiger charge is 2.20. The van der Waals surface area contributed by atoms with Gasteiger partial charge in [0.15, 0.2) is 0 Å². The highest BCUT2D eigenvalue weighted by molar-refractivity contribution is 5.46. The molecule has 0 aliphatic rings. The van der Waals surface area contributed by atoms with Gasteiger partial charge in [-0.2, -0.15) is 0 Å². The van der Waals surface area contributed by atoms with Gasteiger partial charge in [-0.3, -0.25) is 0 Å². The van der Waals surface area contributed by atoms with Crippen molar-refractivity contribution in [3.8, 4) is 11.5 Å². The van der Waals surface area contributed by atoms with Crippen LogP contribution in [0.15, 0.2) is 42.5 Å². The Morgan fingerprint density at radius 3 is 2.29 bits per heavy atom. The average Bonchev–Trinajstić information content (AvgIpc) is 2.40. The lowest BCUT2D eigenvalue weighted by Crippen LogP contribution is -2.13. The average molecular weight is 283 g/mol. The van der Waals surface area contributed by atoms with Crippen molar-refractivity contribution in [2.45, 2.75) is 46.1 Å². The van der Waals surface area contributed by atoms with Crippen molar-refractivity contribution in [2.24, 2.45) is 5.73 Å². The molecule has 2 rings (SSSR count). The van der Waals surface area contributed by atoms with Gasteiger partial charge in [0.05, 0.1) is 0 Å². The van der Waals surface area contributed by atoms with Gasteiger partial charge >= 0.3 is 0 Å². The molecule has 0 aliphatic carbocycles. The van der Waals surface area contributed by atoms with Crippen molar-refractivity contribution in [1.29, 1.82) is 0 Å². The number of hydrogen-bond donors (Lipinski definition) is 1. The molecule has 0 spiro atoms. The number of ether oxygens (including phenoxy) is 1. The molecular formula is C19H25NO. The summed E-state index contributed by atoms with van der Waals surface area (Å²) in [6.07, 6.45) is 0. The van der Waals surface area contributed by atoms with Crippen LogP contribution in [0.25, 0.3) is 0 Å². The van der Waals surface area contributed by atoms with Gasteiger partial charge in [-0.1, -0.05) is 56.7 Å². The van der Waals surface area contributed by atoms with Crippen molar-refractivity contribution >= 4 is 0 Å². The molecule has 0 heterocycles. The summed E-state index contributed by atoms with van der Waals surface area (Å²) in [5, 5.41) is 0. The molecule has 2 heteroatoms. The fraction of sp³-hybridized carbons (Fsp3) is 0.368. The summed E-state index contributed by atoms with van der Waals surface area (Å²) in [6, 6.07) is 14.2. The number of nitrogens with two attached hydrogens (primary N) is 1. The fourth-order valence-electron chi connectivity index (χ4n) is 2.39. The third-order valence-electron chi connectivity index (χ3n) is 3.57. The monoisotopic (exact) mass is 283 g/mol. The smallest absolute Gasteiger partial charge is 0.132 e. The highest BCUT2D eigenvalue weighted by atomic mass is 16.5. The molecule has 0 saturated carbocycles. The van der Waals surface area contributed by atoms with E-state index in [0.717, 1.165) is 17.1 Å². The van der Waals surface area contributed by atoms with Crippen LogP contribution < -0.4 is 10.5 Å². The maximum Gasteiger partial charge on any atom is 0.132 e. The van der Waals surface area contributed by atoms with Gasteiger partial charge in [0.25, 0.3) is 0 Å². The Morgan fingerprint density at radius 1 is 1.00 bits per heavy atom. The van der Waals surface area contributed by atoms with Gasteiger partial charge in [-0.15, -0.1) is 0 Å². The minimum absolute atomic E-state index is 0.0324. The van der Waals surface area contributed by atoms with E-state index in [1.807, 2.05) is 37.3 Å². The van der Waals surface area contributed by atoms with Crippen LogP contribution in [0.2, 0.25) is 0 Å². The third kappa shape index (κ3) is 3.64. The second-order valence-electron chi connectivity index (χ2n) is 6.68. The molecule has 2 nitrogen and oxygen atoms in total. The van der Waals surface area contributed by atoms with E-state index in [1.54, 1.807) is 0 Å². The summed E-state index contributed by atoms with van der Waals surface area (Å²) in [7, 11) is 0. The first kappa shape index (κ1) is 15.6. The summed E-state index contributed by atoms with van der Waals surface area (Å²) in [4.78, 5) is 0. The van der Waals surface area contributed by atoms with Crippen molar-refractivity contribution in [3.63, 3.8) is 0 Å². The normalized spacial score (nSPS) is 13.0. The lowest BCUT2D eigenvalue weighted by molar-refractivity contribution is 0.447. The number of hydrogen-bond acceptors (Lipinski definition) is 2. The minimum Gasteiger partial charge on any atom is -0.457 e. The van der Waals surface area contributed by atoms with E-state index in [-0.39, 0.29) is 11.5 Å². The maximum absolute atomic E-state index is 6.20. The summed E-state index contributed by atoms with van der Waals surface area (Å²) in [6.45, 7) is 10.7. The Hall–Kier alpha value is -1.80. The first-order valence-corrected chi connectivity index (χ1v) is 7.42. The quantitative estimate of drug-likeness (QED) is 0.850. The molecule has 0 fully saturated rings. The molecule has 0 aliphatic heterocycles. The zero-order valence-electron chi connectivity index (χ0n) is 13.6. The number of aryl methyl sites for hydroxylation is 1. The Kier molecular flexibility index (Phi) is 4.38. The van der Waals surface area contributed by atoms with Gasteiger partial charge in [0, 0.05) is 17.2 Å². The summed E-state index contributed by atoms with van der Waals surface area (Å²) >= 11 is 0. The Labute approximate surface area is 127 Å². The van der Waals surface area contributed by atoms with Gasteiger partial charge in [-0.25, -0.2) is 0 Å². The van der Waals surface area contributed by atoms with Gasteiger partial charge in [0.2, 0.25) is 0 Å². The van der Waals surface area contributed by atoms with E-state index < -0.39 is 0 Å². The Morgan fingerprint density at radius 2 is 1.67 bits per heavy atom. The van der Waals surface area contributed by atoms with Gasteiger partial charge < -0.3 is 10.5 Å². The third-order valence-corrected chi connectivity index (χ3v) is 3.57. The maximum atomic E-state index is 6.20. The number of para-hydroxylation sites is 1. The van der Waals surface area contributed by atoms with Crippen LogP contribution in [0.3, 0.4) is 0 Å². The van der Waals surface area contributed by atoms with Crippen LogP contribution in [-0.2, 0) is 5.41 Å². The predicted octanol–water partition coefficient (Wildman–Crippen LogP) is 5.10. The standard InChI is InChI=1S/C19H25NO/c1-13-10-11-18(16(12-13)19(3,4)5)21-17-9-7-6-8-15(17)14(2)20/h6-12,14H,20H2,1-5H3. The topological polar surface area (TPSA) is 35.2 Å². The number of benzene rings is 2. The first-order chi connectivity index (χ1) is 9.79. The summed E-state index contributed by atoms with van der Waals surface area (Å²) < 4.78 is 6.20. The second kappa shape index (κ2) is 5.90. The summed E-state index contributed by atoms with van der Waals surface area (Å²) in [5.41, 5.74) is 9.55. The van der Waals surface area contributed by atoms with E-state index in [1.165, 1.54) is 11.1 Å². The molecule has 2 N–H and O–H groups in total. The van der Waals surface area contributed by atoms with E-state index >= 15 is 0 Å². The second-order valence-corrected chi connectivity index (χ2v) is 6.68. The highest BCUT2D eigenvalue weighted by Crippen LogP contribution is 2.36. The number of rotatable bonds is 3. The predicted molar refractivity (Wildman–Crippen MR) is 89.0 cm³/mol. The SMILES string of the molecule is Cc1ccc(Oc2ccccc2C(C)N)c(C(C)(C)C)c1. The van der Waals surface area contributed by atoms with Crippen LogP contribution in [0.5, 0.6) is 11.5 Å². The molecule has 0 aromatic heterocycles. The van der Waals surface area contributed by atoms with Crippen LogP contribution in [0.1, 0.15) is 50.4 Å². The molecule has 0 amide bonds. The van der Waals surface area contributed by atoms with Gasteiger partial charge in [0.1, 0.15) is 11.5 Å². The van der Waals surface area contributed by atoms with Gasteiger partial charge in [-0.05, 0) is 31.4 Å². The molecule has 2 aromatic carbocycles. The summed E-state index contributed by atoms with van der Waals surface area (Å²) in [5.74, 6) is 1.74. The zero-order valence-corrected chi connectivity index (χ0v) is 13.6. The molecule has 1 unspecified atom stereocenters. The van der Waals surface area contributed by atoms with Crippen molar-refractivity contribution in [3.05, 3.63) is 59.2 Å². The molecule has 0 saturated heterocycles. The molecule has 0 radical (unpaired) electrons. The van der Waals surface area contributed by atoms with E-state index in [9.17, 15) is 0 Å². The first-order valence-electron chi connectivity index (χ1n) is 7.42. The van der Waals surface area contributed by atoms with E-state index in [0.29, 0.717) is 0 Å². The fourth-order valence-corrected chi connectivity index (χ4v) is 2.39. The molecule has 112 valence electrons. The van der Waals surface area contributed by atoms with E-state index in [2.05, 4.69) is 39.8 Å². The molecule has 21 heavy (non-hydrogen) atoms. The molecule has 2 aromatic rings. The molecule has 1 atom stereocenters. The van der Waals surface area contributed by atoms with Crippen LogP contribution in [-0.4, -0.2) is 0 Å². The Bertz CT molecular complexity index is 624. The van der Waals surface area contributed by atoms with Crippen molar-refractivity contribution < 1.29 is 4.74 Å². The van der Waals surface area contributed by atoms with Crippen LogP contribution in [0, 0.1) is 6.92 Å².